The van der Waals surface area contributed by atoms with Crippen LogP contribution in [0.3, 0.4) is 0 Å². The number of aryl methyl sites for hydroxylation is 2. The van der Waals surface area contributed by atoms with Crippen molar-refractivity contribution in [1.82, 2.24) is 25.8 Å². The molecule has 18 nitrogen and oxygen atoms in total. The summed E-state index contributed by atoms with van der Waals surface area (Å²) in [5.74, 6) is -2.52. The fraction of sp³-hybridized carbons (Fsp3) is 0.366. The smallest absolute Gasteiger partial charge is 0.407 e. The summed E-state index contributed by atoms with van der Waals surface area (Å²) in [6.45, 7) is 10.3. The normalized spacial score (nSPS) is 14.8. The number of benzene rings is 6. The zero-order valence-electron chi connectivity index (χ0n) is 52.3. The number of hydrogen-bond donors (Lipinski definition) is 6. The van der Waals surface area contributed by atoms with Crippen LogP contribution in [0.25, 0.3) is 0 Å². The molecule has 0 aromatic heterocycles. The summed E-state index contributed by atoms with van der Waals surface area (Å²) in [4.78, 5) is 122. The summed E-state index contributed by atoms with van der Waals surface area (Å²) in [6, 6.07) is 39.8. The molecule has 0 aliphatic carbocycles. The number of carbonyl (C=O) groups excluding carboxylic acids is 9. The minimum absolute atomic E-state index is 0.0121. The Balaban J connectivity index is 0.000000261. The highest BCUT2D eigenvalue weighted by Crippen LogP contribution is 2.28. The molecule has 0 bridgehead atoms. The van der Waals surface area contributed by atoms with Crippen LogP contribution in [-0.2, 0) is 59.4 Å². The molecule has 0 spiro atoms. The first-order valence-corrected chi connectivity index (χ1v) is 31.6. The zero-order valence-corrected chi connectivity index (χ0v) is 53.8. The molecule has 6 aromatic carbocycles. The van der Waals surface area contributed by atoms with E-state index >= 15 is 0 Å². The molecule has 0 radical (unpaired) electrons. The van der Waals surface area contributed by atoms with Crippen LogP contribution >= 0.6 is 23.2 Å². The average Bonchev–Trinajstić information content (AvgIpc) is 0.913. The number of nitrogens with zero attached hydrogens (tertiary/aromatic N) is 2. The van der Waals surface area contributed by atoms with Gasteiger partial charge in [-0.05, 0) is 149 Å². The van der Waals surface area contributed by atoms with Crippen molar-refractivity contribution in [3.63, 3.8) is 0 Å². The van der Waals surface area contributed by atoms with Crippen LogP contribution in [-0.4, -0.2) is 106 Å². The van der Waals surface area contributed by atoms with Gasteiger partial charge in [-0.25, -0.2) is 4.79 Å². The number of rotatable bonds is 25. The van der Waals surface area contributed by atoms with Crippen LogP contribution in [0.5, 0.6) is 0 Å². The Morgan fingerprint density at radius 1 is 0.527 bits per heavy atom. The number of fused-ring (bicyclic) bond motifs is 2. The van der Waals surface area contributed by atoms with Crippen LogP contribution in [0.1, 0.15) is 139 Å². The van der Waals surface area contributed by atoms with Gasteiger partial charge in [0, 0.05) is 90.7 Å². The number of halogens is 2. The quantitative estimate of drug-likeness (QED) is 0.0232. The number of ether oxygens (including phenoxy) is 1. The molecule has 7 N–H and O–H groups in total. The van der Waals surface area contributed by atoms with Gasteiger partial charge in [0.25, 0.3) is 0 Å². The van der Waals surface area contributed by atoms with Crippen molar-refractivity contribution in [1.29, 1.82) is 0 Å². The minimum Gasteiger partial charge on any atom is -0.444 e. The fourth-order valence-electron chi connectivity index (χ4n) is 10.8. The van der Waals surface area contributed by atoms with Crippen molar-refractivity contribution in [2.24, 2.45) is 5.73 Å². The molecule has 0 saturated carbocycles. The SMILES string of the molecule is Cc1cc(NC(=O)[C@H](CCCCN)NC(=O)[C@@H]2Cc3ccccc3CN2C(=O)CCC(=O)c2ccccc2)ccc1Cl.Cc1cc(NC(=O)[C@H](CCCCNC(=O)OC(C)(C)C)NC(=O)[C@@H]2Cc3ccccc3CN2C(=O)CCC(=O)c2ccccc2)ccc1Cl. The van der Waals surface area contributed by atoms with E-state index in [0.29, 0.717) is 84.2 Å². The van der Waals surface area contributed by atoms with E-state index in [1.54, 1.807) is 106 Å². The lowest BCUT2D eigenvalue weighted by molar-refractivity contribution is -0.142. The number of ketones is 2. The first kappa shape index (κ1) is 69.8. The summed E-state index contributed by atoms with van der Waals surface area (Å²) in [5.41, 5.74) is 12.6. The van der Waals surface area contributed by atoms with Gasteiger partial charge in [0.15, 0.2) is 11.6 Å². The molecule has 2 heterocycles. The van der Waals surface area contributed by atoms with E-state index in [1.165, 1.54) is 9.80 Å². The monoisotopic (exact) mass is 1280 g/mol. The Morgan fingerprint density at radius 3 is 1.32 bits per heavy atom. The second kappa shape index (κ2) is 33.9. The van der Waals surface area contributed by atoms with Crippen LogP contribution in [0, 0.1) is 13.8 Å². The second-order valence-electron chi connectivity index (χ2n) is 23.8. The van der Waals surface area contributed by atoms with Gasteiger partial charge < -0.3 is 46.9 Å². The maximum absolute atomic E-state index is 14.0. The Morgan fingerprint density at radius 2 is 0.923 bits per heavy atom. The molecule has 0 unspecified atom stereocenters. The number of amides is 7. The molecule has 2 aliphatic heterocycles. The highest BCUT2D eigenvalue weighted by molar-refractivity contribution is 6.31. The minimum atomic E-state index is -0.932. The Hall–Kier alpha value is -8.71. The van der Waals surface area contributed by atoms with Crippen molar-refractivity contribution < 1.29 is 47.9 Å². The van der Waals surface area contributed by atoms with Gasteiger partial charge in [-0.1, -0.05) is 132 Å². The fourth-order valence-corrected chi connectivity index (χ4v) is 11.0. The van der Waals surface area contributed by atoms with Crippen LogP contribution in [0.2, 0.25) is 10.0 Å². The third kappa shape index (κ3) is 21.2. The number of unbranched alkanes of at least 4 members (excludes halogenated alkanes) is 2. The Bertz CT molecular complexity index is 3540. The number of nitrogens with two attached hydrogens (primary N) is 1. The molecular weight excluding hydrogens is 1200 g/mol. The lowest BCUT2D eigenvalue weighted by Crippen LogP contribution is -2.56. The molecule has 4 atom stereocenters. The Kier molecular flexibility index (Phi) is 26.0. The van der Waals surface area contributed by atoms with E-state index in [1.807, 2.05) is 74.5 Å². The zero-order chi connectivity index (χ0) is 65.6. The maximum Gasteiger partial charge on any atom is 0.407 e. The van der Waals surface area contributed by atoms with E-state index < -0.39 is 53.6 Å². The van der Waals surface area contributed by atoms with Gasteiger partial charge >= 0.3 is 6.09 Å². The third-order valence-corrected chi connectivity index (χ3v) is 16.6. The van der Waals surface area contributed by atoms with Gasteiger partial charge in [-0.2, -0.15) is 0 Å². The summed E-state index contributed by atoms with van der Waals surface area (Å²) < 4.78 is 5.28. The van der Waals surface area contributed by atoms with Gasteiger partial charge in [-0.3, -0.25) is 38.4 Å². The number of alkyl carbamates (subject to hydrolysis) is 1. The third-order valence-electron chi connectivity index (χ3n) is 15.7. The van der Waals surface area contributed by atoms with Gasteiger partial charge in [0.2, 0.25) is 35.4 Å². The van der Waals surface area contributed by atoms with E-state index in [4.69, 9.17) is 33.7 Å². The van der Waals surface area contributed by atoms with Gasteiger partial charge in [0.1, 0.15) is 29.8 Å². The average molecular weight is 1280 g/mol. The van der Waals surface area contributed by atoms with E-state index in [0.717, 1.165) is 33.4 Å². The number of carbonyl (C=O) groups is 9. The largest absolute Gasteiger partial charge is 0.444 e. The van der Waals surface area contributed by atoms with Crippen molar-refractivity contribution in [3.05, 3.63) is 200 Å². The molecule has 2 aliphatic rings. The summed E-state index contributed by atoms with van der Waals surface area (Å²) in [5, 5.41) is 15.5. The summed E-state index contributed by atoms with van der Waals surface area (Å²) in [7, 11) is 0. The first-order valence-electron chi connectivity index (χ1n) is 30.9. The molecule has 20 heteroatoms. The van der Waals surface area contributed by atoms with Crippen LogP contribution in [0.4, 0.5) is 16.2 Å². The van der Waals surface area contributed by atoms with Crippen molar-refractivity contribution in [3.8, 4) is 0 Å². The van der Waals surface area contributed by atoms with Crippen molar-refractivity contribution in [2.75, 3.05) is 23.7 Å². The molecule has 91 heavy (non-hydrogen) atoms. The number of anilines is 2. The molecule has 8 rings (SSSR count). The second-order valence-corrected chi connectivity index (χ2v) is 24.7. The molecule has 0 saturated heterocycles. The summed E-state index contributed by atoms with van der Waals surface area (Å²) in [6.07, 6.45) is 3.11. The lowest BCUT2D eigenvalue weighted by Gasteiger charge is -2.37. The van der Waals surface area contributed by atoms with Gasteiger partial charge in [0.05, 0.1) is 0 Å². The first-order chi connectivity index (χ1) is 43.6. The van der Waals surface area contributed by atoms with E-state index in [2.05, 4.69) is 26.6 Å². The van der Waals surface area contributed by atoms with Crippen molar-refractivity contribution >= 4 is 87.7 Å². The highest BCUT2D eigenvalue weighted by Gasteiger charge is 2.38. The van der Waals surface area contributed by atoms with Gasteiger partial charge in [-0.15, -0.1) is 0 Å². The molecule has 7 amide bonds. The van der Waals surface area contributed by atoms with E-state index in [9.17, 15) is 43.2 Å². The standard InChI is InChI=1S/C38H45ClN4O6.C33H37ClN4O4/c1-25-22-29(17-18-30(25)39)41-35(46)31(16-10-11-21-40-37(48)49-38(2,3)4)42-36(47)32-23-27-14-8-9-15-28(27)24-43(32)34(45)20-19-33(44)26-12-6-5-7-13-26;1-22-19-26(14-15-27(22)34)36-32(41)28(13-7-8-18-35)37-33(42)29-20-24-11-5-6-12-25(24)21-38(29)31(40)17-16-30(39)23-9-3-2-4-10-23/h5-9,12-15,17-18,22,31-32H,10-11,16,19-21,23-24H2,1-4H3,(H,40,48)(H,41,46)(H,42,47);2-6,9-12,14-15,19,28-29H,7-8,13,16-18,20-21,35H2,1H3,(H,36,41)(H,37,42)/t31-,32-;28-,29-/m00/s1. The van der Waals surface area contributed by atoms with Crippen LogP contribution in [0.15, 0.2) is 146 Å². The molecular formula is C71H82Cl2N8O10. The lowest BCUT2D eigenvalue weighted by atomic mass is 9.92. The van der Waals surface area contributed by atoms with Crippen LogP contribution < -0.4 is 32.3 Å². The highest BCUT2D eigenvalue weighted by atomic mass is 35.5. The van der Waals surface area contributed by atoms with Crippen molar-refractivity contribution in [2.45, 2.75) is 155 Å². The number of nitrogens with one attached hydrogen (secondary N) is 5. The molecule has 6 aromatic rings. The summed E-state index contributed by atoms with van der Waals surface area (Å²) >= 11 is 12.3. The predicted octanol–water partition coefficient (Wildman–Crippen LogP) is 11.2. The number of Topliss-reactive ketones (excluding diaryl/α,β-unsaturated/α-hetero) is 2. The topological polar surface area (TPSA) is 256 Å². The molecule has 0 fully saturated rings. The number of hydrogen-bond acceptors (Lipinski definition) is 11. The molecule has 480 valence electrons. The maximum atomic E-state index is 14.0. The Labute approximate surface area is 542 Å². The van der Waals surface area contributed by atoms with E-state index in [-0.39, 0.29) is 80.9 Å². The predicted molar refractivity (Wildman–Crippen MR) is 353 cm³/mol.